The van der Waals surface area contributed by atoms with Crippen molar-refractivity contribution < 1.29 is 9.47 Å². The normalized spacial score (nSPS) is 26.8. The van der Waals surface area contributed by atoms with Crippen molar-refractivity contribution in [3.8, 4) is 6.07 Å². The van der Waals surface area contributed by atoms with E-state index in [0.717, 1.165) is 40.2 Å². The summed E-state index contributed by atoms with van der Waals surface area (Å²) in [6.07, 6.45) is 16.7. The van der Waals surface area contributed by atoms with Gasteiger partial charge >= 0.3 is 0 Å². The molecule has 2 aromatic rings. The predicted octanol–water partition coefficient (Wildman–Crippen LogP) is 8.44. The highest BCUT2D eigenvalue weighted by Gasteiger charge is 2.33. The summed E-state index contributed by atoms with van der Waals surface area (Å²) in [7, 11) is 0. The third-order valence-electron chi connectivity index (χ3n) is 7.27. The maximum Gasteiger partial charge on any atom is 0.193 e. The van der Waals surface area contributed by atoms with Crippen LogP contribution < -0.4 is 0 Å². The van der Waals surface area contributed by atoms with Gasteiger partial charge in [-0.1, -0.05) is 71.1 Å². The Hall–Kier alpha value is -0.930. The van der Waals surface area contributed by atoms with Crippen LogP contribution in [0, 0.1) is 29.1 Å². The topological polar surface area (TPSA) is 42.2 Å². The molecule has 1 aliphatic carbocycles. The number of unbranched alkanes of at least 4 members (excludes halogenated alkanes) is 6. The van der Waals surface area contributed by atoms with Gasteiger partial charge in [0.2, 0.25) is 0 Å². The van der Waals surface area contributed by atoms with E-state index in [1.54, 1.807) is 22.7 Å². The van der Waals surface area contributed by atoms with Crippen LogP contribution in [0.4, 0.5) is 0 Å². The molecule has 0 atom stereocenters. The van der Waals surface area contributed by atoms with Crippen molar-refractivity contribution >= 4 is 32.1 Å². The highest BCUT2D eigenvalue weighted by Crippen LogP contribution is 2.41. The fraction of sp³-hybridized carbons (Fsp3) is 0.731. The molecule has 4 rings (SSSR count). The first-order chi connectivity index (χ1) is 15.3. The molecule has 1 saturated carbocycles. The Bertz CT molecular complexity index is 804. The van der Waals surface area contributed by atoms with E-state index in [1.807, 2.05) is 6.07 Å². The first kappa shape index (κ1) is 23.2. The van der Waals surface area contributed by atoms with Gasteiger partial charge in [0.1, 0.15) is 10.9 Å². The first-order valence-corrected chi connectivity index (χ1v) is 14.1. The lowest BCUT2D eigenvalue weighted by atomic mass is 9.74. The van der Waals surface area contributed by atoms with Crippen LogP contribution in [0.5, 0.6) is 0 Å². The molecule has 1 saturated heterocycles. The van der Waals surface area contributed by atoms with Crippen molar-refractivity contribution in [2.45, 2.75) is 90.3 Å². The maximum atomic E-state index is 9.05. The van der Waals surface area contributed by atoms with Gasteiger partial charge in [-0.05, 0) is 36.8 Å². The van der Waals surface area contributed by atoms with Crippen LogP contribution in [-0.2, 0) is 9.47 Å². The molecular weight excluding hydrogens is 422 g/mol. The zero-order chi connectivity index (χ0) is 21.5. The highest BCUT2D eigenvalue weighted by atomic mass is 32.2. The third-order valence-corrected chi connectivity index (χ3v) is 9.59. The van der Waals surface area contributed by atoms with Gasteiger partial charge in [0.05, 0.1) is 22.1 Å². The molecule has 0 amide bonds. The molecule has 2 fully saturated rings. The number of nitrogens with zero attached hydrogens (tertiary/aromatic N) is 1. The van der Waals surface area contributed by atoms with Crippen molar-refractivity contribution in [3.63, 3.8) is 0 Å². The van der Waals surface area contributed by atoms with Gasteiger partial charge in [-0.2, -0.15) is 5.26 Å². The highest BCUT2D eigenvalue weighted by molar-refractivity contribution is 7.38. The van der Waals surface area contributed by atoms with E-state index in [4.69, 9.17) is 14.7 Å². The molecule has 31 heavy (non-hydrogen) atoms. The SMILES string of the molecule is CCCCCCCCCC1CCC(C2COC(c3cc4cc(C#N)sc4s3)OC2)CC1. The minimum atomic E-state index is -0.222. The maximum absolute atomic E-state index is 9.05. The van der Waals surface area contributed by atoms with Gasteiger partial charge in [-0.25, -0.2) is 0 Å². The molecule has 0 aromatic carbocycles. The van der Waals surface area contributed by atoms with Crippen molar-refractivity contribution in [3.05, 3.63) is 21.9 Å². The van der Waals surface area contributed by atoms with E-state index in [9.17, 15) is 0 Å². The van der Waals surface area contributed by atoms with E-state index in [-0.39, 0.29) is 6.29 Å². The van der Waals surface area contributed by atoms with E-state index in [1.165, 1.54) is 81.1 Å². The van der Waals surface area contributed by atoms with Crippen molar-refractivity contribution in [1.82, 2.24) is 0 Å². The van der Waals surface area contributed by atoms with Crippen LogP contribution in [0.3, 0.4) is 0 Å². The van der Waals surface area contributed by atoms with E-state index < -0.39 is 0 Å². The van der Waals surface area contributed by atoms with Crippen LogP contribution >= 0.6 is 22.7 Å². The fourth-order valence-corrected chi connectivity index (χ4v) is 7.58. The summed E-state index contributed by atoms with van der Waals surface area (Å²) >= 11 is 3.27. The quantitative estimate of drug-likeness (QED) is 0.335. The summed E-state index contributed by atoms with van der Waals surface area (Å²) in [4.78, 5) is 1.92. The Labute approximate surface area is 195 Å². The third kappa shape index (κ3) is 6.32. The second-order valence-electron chi connectivity index (χ2n) is 9.56. The summed E-state index contributed by atoms with van der Waals surface area (Å²) in [5, 5.41) is 10.2. The lowest BCUT2D eigenvalue weighted by Crippen LogP contribution is -2.34. The molecule has 5 heteroatoms. The average Bonchev–Trinajstić information content (AvgIpc) is 3.38. The molecule has 0 radical (unpaired) electrons. The zero-order valence-corrected chi connectivity index (χ0v) is 20.6. The summed E-state index contributed by atoms with van der Waals surface area (Å²) in [6, 6.07) is 6.34. The molecule has 1 aliphatic heterocycles. The van der Waals surface area contributed by atoms with Crippen molar-refractivity contribution in [1.29, 1.82) is 5.26 Å². The first-order valence-electron chi connectivity index (χ1n) is 12.4. The second-order valence-corrected chi connectivity index (χ2v) is 12.0. The standard InChI is InChI=1S/C26H37NO2S2/c1-2-3-4-5-6-7-8-9-19-10-12-20(13-11-19)22-17-28-25(29-18-22)24-15-21-14-23(16-27)30-26(21)31-24/h14-15,19-20,22,25H,2-13,17-18H2,1H3. The molecule has 3 heterocycles. The van der Waals surface area contributed by atoms with Gasteiger partial charge in [0.15, 0.2) is 6.29 Å². The molecule has 0 unspecified atom stereocenters. The predicted molar refractivity (Wildman–Crippen MR) is 131 cm³/mol. The smallest absolute Gasteiger partial charge is 0.193 e. The zero-order valence-electron chi connectivity index (χ0n) is 18.9. The van der Waals surface area contributed by atoms with E-state index in [0.29, 0.717) is 5.92 Å². The number of rotatable bonds is 10. The van der Waals surface area contributed by atoms with Crippen molar-refractivity contribution in [2.24, 2.45) is 17.8 Å². The molecule has 0 N–H and O–H groups in total. The minimum absolute atomic E-state index is 0.222. The van der Waals surface area contributed by atoms with Gasteiger partial charge in [0, 0.05) is 11.3 Å². The van der Waals surface area contributed by atoms with Crippen LogP contribution in [0.1, 0.15) is 100 Å². The molecule has 2 aromatic heterocycles. The number of hydrogen-bond donors (Lipinski definition) is 0. The summed E-state index contributed by atoms with van der Waals surface area (Å²) in [6.45, 7) is 3.94. The van der Waals surface area contributed by atoms with E-state index in [2.05, 4.69) is 19.1 Å². The summed E-state index contributed by atoms with van der Waals surface area (Å²) < 4.78 is 13.5. The van der Waals surface area contributed by atoms with Crippen LogP contribution in [0.15, 0.2) is 12.1 Å². The number of ether oxygens (including phenoxy) is 2. The second kappa shape index (κ2) is 11.8. The van der Waals surface area contributed by atoms with Gasteiger partial charge in [-0.15, -0.1) is 22.7 Å². The largest absolute Gasteiger partial charge is 0.347 e. The summed E-state index contributed by atoms with van der Waals surface area (Å²) in [5.74, 6) is 2.29. The molecule has 170 valence electrons. The number of thiophene rings is 2. The Morgan fingerprint density at radius 2 is 1.61 bits per heavy atom. The van der Waals surface area contributed by atoms with E-state index >= 15 is 0 Å². The number of nitriles is 1. The minimum Gasteiger partial charge on any atom is -0.347 e. The molecule has 0 bridgehead atoms. The van der Waals surface area contributed by atoms with Crippen LogP contribution in [0.25, 0.3) is 9.40 Å². The summed E-state index contributed by atoms with van der Waals surface area (Å²) in [5.41, 5.74) is 0. The van der Waals surface area contributed by atoms with Crippen molar-refractivity contribution in [2.75, 3.05) is 13.2 Å². The monoisotopic (exact) mass is 459 g/mol. The fourth-order valence-electron chi connectivity index (χ4n) is 5.32. The molecule has 0 spiro atoms. The van der Waals surface area contributed by atoms with Gasteiger partial charge in [-0.3, -0.25) is 0 Å². The number of fused-ring (bicyclic) bond motifs is 1. The lowest BCUT2D eigenvalue weighted by Gasteiger charge is -2.37. The van der Waals surface area contributed by atoms with Crippen LogP contribution in [0.2, 0.25) is 0 Å². The van der Waals surface area contributed by atoms with Crippen LogP contribution in [-0.4, -0.2) is 13.2 Å². The lowest BCUT2D eigenvalue weighted by molar-refractivity contribution is -0.213. The number of hydrogen-bond acceptors (Lipinski definition) is 5. The Morgan fingerprint density at radius 1 is 0.903 bits per heavy atom. The van der Waals surface area contributed by atoms with Gasteiger partial charge < -0.3 is 9.47 Å². The molecule has 2 aliphatic rings. The Balaban J connectivity index is 1.13. The Morgan fingerprint density at radius 3 is 2.29 bits per heavy atom. The van der Waals surface area contributed by atoms with Gasteiger partial charge in [0.25, 0.3) is 0 Å². The molecular formula is C26H37NO2S2. The average molecular weight is 460 g/mol. The molecule has 3 nitrogen and oxygen atoms in total. The Kier molecular flexibility index (Phi) is 8.84.